The number of hydrogen-bond donors (Lipinski definition) is 1. The fourth-order valence-corrected chi connectivity index (χ4v) is 2.98. The van der Waals surface area contributed by atoms with Crippen LogP contribution in [0.5, 0.6) is 5.75 Å². The van der Waals surface area contributed by atoms with Gasteiger partial charge in [-0.3, -0.25) is 14.4 Å². The lowest BCUT2D eigenvalue weighted by Gasteiger charge is -2.13. The Morgan fingerprint density at radius 2 is 1.39 bits per heavy atom. The molecular formula is C25H23NO5. The van der Waals surface area contributed by atoms with Crippen LogP contribution < -0.4 is 10.1 Å². The molecule has 1 atom stereocenters. The molecule has 0 aromatic heterocycles. The van der Waals surface area contributed by atoms with Gasteiger partial charge in [-0.05, 0) is 54.4 Å². The van der Waals surface area contributed by atoms with Gasteiger partial charge in [-0.1, -0.05) is 42.5 Å². The van der Waals surface area contributed by atoms with E-state index < -0.39 is 18.0 Å². The van der Waals surface area contributed by atoms with Gasteiger partial charge in [0.05, 0.1) is 7.11 Å². The van der Waals surface area contributed by atoms with Gasteiger partial charge in [0.2, 0.25) is 5.78 Å². The summed E-state index contributed by atoms with van der Waals surface area (Å²) in [4.78, 5) is 36.7. The molecule has 6 heteroatoms. The monoisotopic (exact) mass is 417 g/mol. The lowest BCUT2D eigenvalue weighted by molar-refractivity contribution is -0.145. The summed E-state index contributed by atoms with van der Waals surface area (Å²) in [5.74, 6) is -0.797. The summed E-state index contributed by atoms with van der Waals surface area (Å²) >= 11 is 0. The third-order valence-corrected chi connectivity index (χ3v) is 4.70. The number of esters is 1. The van der Waals surface area contributed by atoms with Gasteiger partial charge in [-0.2, -0.15) is 0 Å². The Balaban J connectivity index is 1.50. The van der Waals surface area contributed by atoms with Crippen molar-refractivity contribution in [2.45, 2.75) is 13.0 Å². The average Bonchev–Trinajstić information content (AvgIpc) is 2.82. The number of ether oxygens (including phenoxy) is 2. The molecule has 0 unspecified atom stereocenters. The number of ketones is 1. The third-order valence-electron chi connectivity index (χ3n) is 4.70. The average molecular weight is 417 g/mol. The highest BCUT2D eigenvalue weighted by Crippen LogP contribution is 2.19. The zero-order valence-electron chi connectivity index (χ0n) is 17.3. The molecule has 0 aliphatic heterocycles. The number of carbonyl (C=O) groups is 3. The highest BCUT2D eigenvalue weighted by atomic mass is 16.5. The van der Waals surface area contributed by atoms with Crippen LogP contribution >= 0.6 is 0 Å². The van der Waals surface area contributed by atoms with Crippen LogP contribution in [-0.2, 0) is 9.53 Å². The van der Waals surface area contributed by atoms with E-state index in [4.69, 9.17) is 9.47 Å². The Kier molecular flexibility index (Phi) is 7.17. The van der Waals surface area contributed by atoms with E-state index >= 15 is 0 Å². The summed E-state index contributed by atoms with van der Waals surface area (Å²) in [5, 5.41) is 2.52. The second-order valence-electron chi connectivity index (χ2n) is 6.85. The Hall–Kier alpha value is -3.93. The minimum absolute atomic E-state index is 0.334. The van der Waals surface area contributed by atoms with Crippen LogP contribution in [0.2, 0.25) is 0 Å². The van der Waals surface area contributed by atoms with E-state index in [1.807, 2.05) is 42.5 Å². The Morgan fingerprint density at radius 3 is 2.00 bits per heavy atom. The Morgan fingerprint density at radius 1 is 0.806 bits per heavy atom. The zero-order chi connectivity index (χ0) is 22.2. The number of methoxy groups -OCH3 is 1. The molecule has 1 amide bonds. The predicted molar refractivity (Wildman–Crippen MR) is 117 cm³/mol. The maximum atomic E-state index is 12.4. The summed E-state index contributed by atoms with van der Waals surface area (Å²) in [6.07, 6.45) is -0.969. The molecule has 0 radical (unpaired) electrons. The normalized spacial score (nSPS) is 11.3. The highest BCUT2D eigenvalue weighted by molar-refractivity contribution is 6.00. The van der Waals surface area contributed by atoms with Crippen LogP contribution in [0.15, 0.2) is 78.9 Å². The second-order valence-corrected chi connectivity index (χ2v) is 6.85. The van der Waals surface area contributed by atoms with E-state index in [9.17, 15) is 14.4 Å². The third kappa shape index (κ3) is 5.79. The summed E-state index contributed by atoms with van der Waals surface area (Å²) in [6.45, 7) is 1.16. The molecule has 3 aromatic rings. The molecule has 0 aliphatic rings. The highest BCUT2D eigenvalue weighted by Gasteiger charge is 2.20. The molecule has 6 nitrogen and oxygen atoms in total. The van der Waals surface area contributed by atoms with Crippen molar-refractivity contribution >= 4 is 17.7 Å². The smallest absolute Gasteiger partial charge is 0.326 e. The molecule has 0 spiro atoms. The fraction of sp³-hybridized carbons (Fsp3) is 0.160. The summed E-state index contributed by atoms with van der Waals surface area (Å²) in [6, 6.07) is 23.4. The van der Waals surface area contributed by atoms with Crippen molar-refractivity contribution < 1.29 is 23.9 Å². The minimum atomic E-state index is -0.969. The van der Waals surface area contributed by atoms with Gasteiger partial charge in [-0.25, -0.2) is 0 Å². The van der Waals surface area contributed by atoms with Crippen LogP contribution in [0.3, 0.4) is 0 Å². The number of benzene rings is 3. The van der Waals surface area contributed by atoms with Crippen molar-refractivity contribution in [1.82, 2.24) is 5.32 Å². The number of Topliss-reactive ketones (excluding diaryl/α,β-unsaturated/α-hetero) is 1. The summed E-state index contributed by atoms with van der Waals surface area (Å²) in [7, 11) is 1.53. The first kappa shape index (κ1) is 21.8. The predicted octanol–water partition coefficient (Wildman–Crippen LogP) is 3.91. The Labute approximate surface area is 180 Å². The standard InChI is InChI=1S/C25H23NO5/c1-17(24(28)20-12-14-22(30-2)15-13-20)31-23(27)16-26-25(29)21-10-8-19(9-11-21)18-6-4-3-5-7-18/h3-15,17H,16H2,1-2H3,(H,26,29)/t17-/m0/s1. The molecule has 3 aromatic carbocycles. The molecule has 0 heterocycles. The SMILES string of the molecule is COc1ccc(C(=O)[C@H](C)OC(=O)CNC(=O)c2ccc(-c3ccccc3)cc2)cc1. The zero-order valence-corrected chi connectivity index (χ0v) is 17.3. The first-order chi connectivity index (χ1) is 15.0. The molecule has 0 saturated heterocycles. The van der Waals surface area contributed by atoms with Gasteiger partial charge in [-0.15, -0.1) is 0 Å². The number of nitrogens with one attached hydrogen (secondary N) is 1. The largest absolute Gasteiger partial charge is 0.497 e. The van der Waals surface area contributed by atoms with E-state index in [0.29, 0.717) is 16.9 Å². The maximum Gasteiger partial charge on any atom is 0.326 e. The van der Waals surface area contributed by atoms with Crippen LogP contribution in [-0.4, -0.2) is 37.4 Å². The van der Waals surface area contributed by atoms with E-state index in [1.165, 1.54) is 14.0 Å². The molecule has 0 bridgehead atoms. The van der Waals surface area contributed by atoms with Gasteiger partial charge in [0.25, 0.3) is 5.91 Å². The maximum absolute atomic E-state index is 12.4. The van der Waals surface area contributed by atoms with Crippen LogP contribution in [0.1, 0.15) is 27.6 Å². The first-order valence-electron chi connectivity index (χ1n) is 9.79. The van der Waals surface area contributed by atoms with Crippen molar-refractivity contribution in [3.63, 3.8) is 0 Å². The van der Waals surface area contributed by atoms with Gasteiger partial charge in [0.15, 0.2) is 6.10 Å². The van der Waals surface area contributed by atoms with Crippen molar-refractivity contribution in [2.75, 3.05) is 13.7 Å². The number of rotatable bonds is 8. The lowest BCUT2D eigenvalue weighted by Crippen LogP contribution is -2.34. The van der Waals surface area contributed by atoms with Gasteiger partial charge in [0.1, 0.15) is 12.3 Å². The van der Waals surface area contributed by atoms with Crippen LogP contribution in [0.25, 0.3) is 11.1 Å². The molecule has 0 saturated carbocycles. The first-order valence-corrected chi connectivity index (χ1v) is 9.79. The van der Waals surface area contributed by atoms with Crippen LogP contribution in [0, 0.1) is 0 Å². The molecule has 0 fully saturated rings. The van der Waals surface area contributed by atoms with Gasteiger partial charge in [0, 0.05) is 11.1 Å². The molecular weight excluding hydrogens is 394 g/mol. The van der Waals surface area contributed by atoms with Crippen molar-refractivity contribution in [2.24, 2.45) is 0 Å². The molecule has 0 aliphatic carbocycles. The summed E-state index contributed by atoms with van der Waals surface area (Å²) in [5.41, 5.74) is 2.87. The van der Waals surface area contributed by atoms with Gasteiger partial charge < -0.3 is 14.8 Å². The quantitative estimate of drug-likeness (QED) is 0.444. The van der Waals surface area contributed by atoms with E-state index in [-0.39, 0.29) is 12.3 Å². The second kappa shape index (κ2) is 10.2. The molecule has 3 rings (SSSR count). The Bertz CT molecular complexity index is 1040. The number of amides is 1. The minimum Gasteiger partial charge on any atom is -0.497 e. The summed E-state index contributed by atoms with van der Waals surface area (Å²) < 4.78 is 10.2. The van der Waals surface area contributed by atoms with Crippen molar-refractivity contribution in [1.29, 1.82) is 0 Å². The van der Waals surface area contributed by atoms with E-state index in [1.54, 1.807) is 36.4 Å². The molecule has 1 N–H and O–H groups in total. The van der Waals surface area contributed by atoms with Crippen LogP contribution in [0.4, 0.5) is 0 Å². The fourth-order valence-electron chi connectivity index (χ4n) is 2.98. The topological polar surface area (TPSA) is 81.7 Å². The van der Waals surface area contributed by atoms with Crippen molar-refractivity contribution in [3.8, 4) is 16.9 Å². The number of carbonyl (C=O) groups excluding carboxylic acids is 3. The molecule has 31 heavy (non-hydrogen) atoms. The lowest BCUT2D eigenvalue weighted by atomic mass is 10.0. The van der Waals surface area contributed by atoms with E-state index in [2.05, 4.69) is 5.32 Å². The van der Waals surface area contributed by atoms with E-state index in [0.717, 1.165) is 11.1 Å². The molecule has 158 valence electrons. The van der Waals surface area contributed by atoms with Crippen molar-refractivity contribution in [3.05, 3.63) is 90.0 Å². The number of hydrogen-bond acceptors (Lipinski definition) is 5. The van der Waals surface area contributed by atoms with Gasteiger partial charge >= 0.3 is 5.97 Å².